The number of nitrogens with zero attached hydrogens (tertiary/aromatic N) is 2. The van der Waals surface area contributed by atoms with Gasteiger partial charge in [0.1, 0.15) is 0 Å². The van der Waals surface area contributed by atoms with Crippen LogP contribution in [0.4, 0.5) is 0 Å². The lowest BCUT2D eigenvalue weighted by atomic mass is 10.2. The number of carbonyl (C=O) groups is 1. The van der Waals surface area contributed by atoms with Crippen LogP contribution in [0.15, 0.2) is 58.4 Å². The van der Waals surface area contributed by atoms with Gasteiger partial charge in [-0.15, -0.1) is 11.8 Å². The number of benzene rings is 2. The number of ether oxygens (including phenoxy) is 1. The molecule has 142 valence electrons. The van der Waals surface area contributed by atoms with Gasteiger partial charge >= 0.3 is 0 Å². The van der Waals surface area contributed by atoms with E-state index in [0.717, 1.165) is 15.1 Å². The zero-order chi connectivity index (χ0) is 19.2. The fraction of sp³-hybridized carbons (Fsp3) is 0.333. The first-order valence-electron chi connectivity index (χ1n) is 9.10. The monoisotopic (exact) mass is 400 g/mol. The lowest BCUT2D eigenvalue weighted by Gasteiger charge is -2.06. The summed E-state index contributed by atoms with van der Waals surface area (Å²) in [6.07, 6.45) is 0. The van der Waals surface area contributed by atoms with Crippen molar-refractivity contribution in [1.82, 2.24) is 4.57 Å². The van der Waals surface area contributed by atoms with Gasteiger partial charge in [0.2, 0.25) is 0 Å². The van der Waals surface area contributed by atoms with Gasteiger partial charge < -0.3 is 9.30 Å². The van der Waals surface area contributed by atoms with Gasteiger partial charge in [-0.3, -0.25) is 4.79 Å². The number of hydrogen-bond donors (Lipinski definition) is 0. The molecule has 6 heteroatoms. The van der Waals surface area contributed by atoms with Crippen LogP contribution in [0.25, 0.3) is 10.2 Å². The van der Waals surface area contributed by atoms with E-state index in [9.17, 15) is 4.79 Å². The number of aromatic nitrogens is 1. The van der Waals surface area contributed by atoms with E-state index >= 15 is 0 Å². The van der Waals surface area contributed by atoms with Gasteiger partial charge in [0.05, 0.1) is 16.8 Å². The Hall–Kier alpha value is -1.89. The molecule has 0 aliphatic heterocycles. The van der Waals surface area contributed by atoms with Crippen LogP contribution < -0.4 is 4.80 Å². The fourth-order valence-electron chi connectivity index (χ4n) is 2.75. The smallest absolute Gasteiger partial charge is 0.279 e. The maximum absolute atomic E-state index is 12.8. The topological polar surface area (TPSA) is 43.6 Å². The molecule has 27 heavy (non-hydrogen) atoms. The summed E-state index contributed by atoms with van der Waals surface area (Å²) < 4.78 is 8.69. The zero-order valence-corrected chi connectivity index (χ0v) is 17.5. The lowest BCUT2D eigenvalue weighted by Crippen LogP contribution is -2.19. The summed E-state index contributed by atoms with van der Waals surface area (Å²) >= 11 is 3.28. The Morgan fingerprint density at radius 3 is 2.81 bits per heavy atom. The molecular formula is C21H24N2O2S2. The largest absolute Gasteiger partial charge is 0.380 e. The summed E-state index contributed by atoms with van der Waals surface area (Å²) in [4.78, 5) is 19.0. The summed E-state index contributed by atoms with van der Waals surface area (Å²) in [5.74, 6) is -0.210. The first-order chi connectivity index (χ1) is 13.1. The van der Waals surface area contributed by atoms with Crippen LogP contribution in [0.2, 0.25) is 0 Å². The summed E-state index contributed by atoms with van der Waals surface area (Å²) in [6, 6.07) is 15.8. The lowest BCUT2D eigenvalue weighted by molar-refractivity contribution is 0.0996. The Balaban J connectivity index is 1.97. The number of amides is 1. The van der Waals surface area contributed by atoms with E-state index in [1.807, 2.05) is 43.3 Å². The molecule has 0 N–H and O–H groups in total. The van der Waals surface area contributed by atoms with Gasteiger partial charge in [-0.25, -0.2) is 0 Å². The average Bonchev–Trinajstić information content (AvgIpc) is 2.99. The molecule has 0 bridgehead atoms. The molecule has 4 nitrogen and oxygen atoms in total. The summed E-state index contributed by atoms with van der Waals surface area (Å²) in [6.45, 7) is 8.21. The molecule has 1 amide bonds. The van der Waals surface area contributed by atoms with Gasteiger partial charge in [-0.1, -0.05) is 43.4 Å². The van der Waals surface area contributed by atoms with Crippen LogP contribution in [0.5, 0.6) is 0 Å². The second kappa shape index (κ2) is 9.35. The van der Waals surface area contributed by atoms with Crippen LogP contribution in [0.3, 0.4) is 0 Å². The zero-order valence-electron chi connectivity index (χ0n) is 15.8. The molecule has 0 aliphatic carbocycles. The van der Waals surface area contributed by atoms with E-state index in [1.165, 1.54) is 11.3 Å². The standard InChI is InChI=1S/C21H24N2O2S2/c1-4-25-13-12-23-18-10-5-6-11-19(18)27-21(23)22-20(24)16-8-7-9-17(14-16)26-15(2)3/h5-11,14-15H,4,12-13H2,1-3H3. The Morgan fingerprint density at radius 2 is 2.04 bits per heavy atom. The predicted molar refractivity (Wildman–Crippen MR) is 114 cm³/mol. The third-order valence-corrected chi connectivity index (χ3v) is 5.96. The van der Waals surface area contributed by atoms with Gasteiger partial charge in [0.15, 0.2) is 4.80 Å². The highest BCUT2D eigenvalue weighted by atomic mass is 32.2. The SMILES string of the molecule is CCOCCn1c(=NC(=O)c2cccc(SC(C)C)c2)sc2ccccc21. The highest BCUT2D eigenvalue weighted by Crippen LogP contribution is 2.24. The van der Waals surface area contributed by atoms with Crippen molar-refractivity contribution in [2.45, 2.75) is 37.5 Å². The number of rotatable bonds is 7. The van der Waals surface area contributed by atoms with Crippen molar-refractivity contribution in [1.29, 1.82) is 0 Å². The Morgan fingerprint density at radius 1 is 1.22 bits per heavy atom. The predicted octanol–water partition coefficient (Wildman–Crippen LogP) is 4.98. The number of hydrogen-bond acceptors (Lipinski definition) is 4. The van der Waals surface area contributed by atoms with Crippen molar-refractivity contribution in [2.24, 2.45) is 4.99 Å². The molecule has 0 fully saturated rings. The molecule has 2 aromatic carbocycles. The van der Waals surface area contributed by atoms with Gasteiger partial charge in [-0.2, -0.15) is 4.99 Å². The summed E-state index contributed by atoms with van der Waals surface area (Å²) in [5.41, 5.74) is 1.70. The number of thiazole rings is 1. The second-order valence-electron chi connectivity index (χ2n) is 6.31. The van der Waals surface area contributed by atoms with E-state index in [0.29, 0.717) is 35.4 Å². The summed E-state index contributed by atoms with van der Waals surface area (Å²) in [7, 11) is 0. The maximum atomic E-state index is 12.8. The van der Waals surface area contributed by atoms with Crippen LogP contribution in [-0.4, -0.2) is 28.9 Å². The molecule has 1 heterocycles. The fourth-order valence-corrected chi connectivity index (χ4v) is 4.70. The van der Waals surface area contributed by atoms with Gasteiger partial charge in [0.25, 0.3) is 5.91 Å². The molecule has 0 unspecified atom stereocenters. The van der Waals surface area contributed by atoms with Crippen LogP contribution in [-0.2, 0) is 11.3 Å². The Bertz CT molecular complexity index is 989. The number of thioether (sulfide) groups is 1. The molecule has 0 saturated heterocycles. The molecule has 1 aromatic heterocycles. The molecule has 3 rings (SSSR count). The molecule has 0 aliphatic rings. The molecule has 0 spiro atoms. The van der Waals surface area contributed by atoms with Gasteiger partial charge in [0, 0.05) is 28.9 Å². The quantitative estimate of drug-likeness (QED) is 0.415. The van der Waals surface area contributed by atoms with Crippen molar-refractivity contribution in [3.05, 3.63) is 58.9 Å². The highest BCUT2D eigenvalue weighted by molar-refractivity contribution is 7.99. The Labute approximate surface area is 167 Å². The number of carbonyl (C=O) groups excluding carboxylic acids is 1. The van der Waals surface area contributed by atoms with Crippen molar-refractivity contribution in [3.63, 3.8) is 0 Å². The molecule has 0 radical (unpaired) electrons. The minimum absolute atomic E-state index is 0.210. The van der Waals surface area contributed by atoms with Crippen molar-refractivity contribution in [3.8, 4) is 0 Å². The third kappa shape index (κ3) is 5.09. The van der Waals surface area contributed by atoms with Crippen molar-refractivity contribution in [2.75, 3.05) is 13.2 Å². The third-order valence-electron chi connectivity index (χ3n) is 3.90. The van der Waals surface area contributed by atoms with E-state index in [1.54, 1.807) is 11.8 Å². The van der Waals surface area contributed by atoms with Gasteiger partial charge in [-0.05, 0) is 37.3 Å². The first kappa shape index (κ1) is 19.9. The average molecular weight is 401 g/mol. The maximum Gasteiger partial charge on any atom is 0.279 e. The van der Waals surface area contributed by atoms with Crippen molar-refractivity contribution >= 4 is 39.2 Å². The van der Waals surface area contributed by atoms with Crippen LogP contribution in [0.1, 0.15) is 31.1 Å². The highest BCUT2D eigenvalue weighted by Gasteiger charge is 2.10. The van der Waals surface area contributed by atoms with Crippen molar-refractivity contribution < 1.29 is 9.53 Å². The van der Waals surface area contributed by atoms with E-state index < -0.39 is 0 Å². The van der Waals surface area contributed by atoms with Crippen LogP contribution >= 0.6 is 23.1 Å². The number of para-hydroxylation sites is 1. The van der Waals surface area contributed by atoms with E-state index in [2.05, 4.69) is 35.5 Å². The Kier molecular flexibility index (Phi) is 6.88. The minimum Gasteiger partial charge on any atom is -0.380 e. The van der Waals surface area contributed by atoms with E-state index in [4.69, 9.17) is 4.74 Å². The normalized spacial score (nSPS) is 12.2. The molecule has 0 atom stereocenters. The van der Waals surface area contributed by atoms with E-state index in [-0.39, 0.29) is 5.91 Å². The number of fused-ring (bicyclic) bond motifs is 1. The molecule has 3 aromatic rings. The first-order valence-corrected chi connectivity index (χ1v) is 10.8. The minimum atomic E-state index is -0.210. The second-order valence-corrected chi connectivity index (χ2v) is 8.97. The molecular weight excluding hydrogens is 376 g/mol. The van der Waals surface area contributed by atoms with Crippen LogP contribution in [0, 0.1) is 0 Å². The summed E-state index contributed by atoms with van der Waals surface area (Å²) in [5, 5.41) is 0.468. The molecule has 0 saturated carbocycles.